The molecule has 6 rings (SSSR count). The number of likely N-dealkylation sites (tertiary alicyclic amines) is 1. The molecule has 0 atom stereocenters. The standard InChI is InChI=1S/C27H30ClN5O3/c1-26(2,3)36-25(35)31-12-7-18(8-13-31)33-21-5-4-17(28)14-20(21)30-23(33)16-32-22-15-29-11-6-19(22)27(9-10-27)24(32)34/h4-6,11,14-15,18H,7-10,12-13,16H2,1-3H3. The number of aromatic nitrogens is 3. The van der Waals surface area contributed by atoms with Crippen molar-refractivity contribution >= 4 is 40.3 Å². The molecule has 2 aliphatic heterocycles. The quantitative estimate of drug-likeness (QED) is 0.484. The second kappa shape index (κ2) is 8.20. The fourth-order valence-corrected chi connectivity index (χ4v) is 5.84. The Morgan fingerprint density at radius 2 is 1.94 bits per heavy atom. The fraction of sp³-hybridized carbons (Fsp3) is 0.481. The number of pyridine rings is 1. The zero-order valence-electron chi connectivity index (χ0n) is 20.8. The van der Waals surface area contributed by atoms with Crippen LogP contribution in [-0.2, 0) is 21.5 Å². The van der Waals surface area contributed by atoms with Gasteiger partial charge in [-0.15, -0.1) is 0 Å². The van der Waals surface area contributed by atoms with E-state index in [0.717, 1.165) is 53.8 Å². The molecule has 9 heteroatoms. The topological polar surface area (TPSA) is 80.6 Å². The molecule has 0 bridgehead atoms. The molecule has 2 fully saturated rings. The van der Waals surface area contributed by atoms with Gasteiger partial charge < -0.3 is 19.1 Å². The van der Waals surface area contributed by atoms with Crippen LogP contribution in [0.1, 0.15) is 63.9 Å². The number of imidazole rings is 1. The first-order valence-corrected chi connectivity index (χ1v) is 12.9. The van der Waals surface area contributed by atoms with Gasteiger partial charge >= 0.3 is 6.09 Å². The first-order valence-electron chi connectivity index (χ1n) is 12.6. The van der Waals surface area contributed by atoms with Gasteiger partial charge in [0.25, 0.3) is 0 Å². The molecule has 1 saturated carbocycles. The summed E-state index contributed by atoms with van der Waals surface area (Å²) in [5.41, 5.74) is 2.87. The molecule has 0 unspecified atom stereocenters. The Kier molecular flexibility index (Phi) is 5.30. The molecule has 4 heterocycles. The molecule has 188 valence electrons. The van der Waals surface area contributed by atoms with Gasteiger partial charge in [-0.25, -0.2) is 9.78 Å². The van der Waals surface area contributed by atoms with Gasteiger partial charge in [-0.1, -0.05) is 11.6 Å². The second-order valence-corrected chi connectivity index (χ2v) is 11.5. The largest absolute Gasteiger partial charge is 0.444 e. The number of carbonyl (C=O) groups is 2. The predicted octanol–water partition coefficient (Wildman–Crippen LogP) is 5.24. The first-order chi connectivity index (χ1) is 17.2. The van der Waals surface area contributed by atoms with Gasteiger partial charge in [0.05, 0.1) is 34.9 Å². The van der Waals surface area contributed by atoms with Crippen LogP contribution in [0, 0.1) is 0 Å². The van der Waals surface area contributed by atoms with E-state index in [1.807, 2.05) is 49.9 Å². The number of rotatable bonds is 3. The monoisotopic (exact) mass is 507 g/mol. The molecule has 2 aromatic heterocycles. The lowest BCUT2D eigenvalue weighted by Crippen LogP contribution is -2.42. The minimum absolute atomic E-state index is 0.141. The molecule has 0 radical (unpaired) electrons. The van der Waals surface area contributed by atoms with Crippen molar-refractivity contribution < 1.29 is 14.3 Å². The molecule has 2 amide bonds. The van der Waals surface area contributed by atoms with Crippen LogP contribution in [0.3, 0.4) is 0 Å². The smallest absolute Gasteiger partial charge is 0.410 e. The lowest BCUT2D eigenvalue weighted by Gasteiger charge is -2.35. The highest BCUT2D eigenvalue weighted by molar-refractivity contribution is 6.31. The van der Waals surface area contributed by atoms with Crippen LogP contribution in [0.2, 0.25) is 5.02 Å². The Labute approximate surface area is 215 Å². The van der Waals surface area contributed by atoms with Crippen molar-refractivity contribution in [3.8, 4) is 0 Å². The third-order valence-corrected chi connectivity index (χ3v) is 7.75. The number of halogens is 1. The lowest BCUT2D eigenvalue weighted by atomic mass is 9.99. The Hall–Kier alpha value is -3.13. The van der Waals surface area contributed by atoms with Crippen molar-refractivity contribution in [2.75, 3.05) is 18.0 Å². The van der Waals surface area contributed by atoms with E-state index < -0.39 is 5.60 Å². The molecule has 36 heavy (non-hydrogen) atoms. The zero-order valence-corrected chi connectivity index (χ0v) is 21.6. The number of ether oxygens (including phenoxy) is 1. The van der Waals surface area contributed by atoms with Crippen LogP contribution in [0.4, 0.5) is 10.5 Å². The summed E-state index contributed by atoms with van der Waals surface area (Å²) in [5.74, 6) is 0.964. The molecular weight excluding hydrogens is 478 g/mol. The number of benzene rings is 1. The minimum Gasteiger partial charge on any atom is -0.444 e. The van der Waals surface area contributed by atoms with Crippen molar-refractivity contribution in [1.82, 2.24) is 19.4 Å². The van der Waals surface area contributed by atoms with Gasteiger partial charge in [0.1, 0.15) is 11.4 Å². The highest BCUT2D eigenvalue weighted by Crippen LogP contribution is 2.57. The average Bonchev–Trinajstić information content (AvgIpc) is 3.52. The van der Waals surface area contributed by atoms with Gasteiger partial charge in [0, 0.05) is 30.4 Å². The van der Waals surface area contributed by atoms with Crippen LogP contribution in [0.25, 0.3) is 11.0 Å². The molecule has 1 spiro atoms. The van der Waals surface area contributed by atoms with Crippen molar-refractivity contribution in [1.29, 1.82) is 0 Å². The average molecular weight is 508 g/mol. The van der Waals surface area contributed by atoms with E-state index in [-0.39, 0.29) is 23.5 Å². The summed E-state index contributed by atoms with van der Waals surface area (Å²) >= 11 is 6.30. The normalized spacial score (nSPS) is 19.3. The van der Waals surface area contributed by atoms with Crippen molar-refractivity contribution in [2.24, 2.45) is 0 Å². The summed E-state index contributed by atoms with van der Waals surface area (Å²) in [6, 6.07) is 7.87. The van der Waals surface area contributed by atoms with Gasteiger partial charge in [0.15, 0.2) is 0 Å². The van der Waals surface area contributed by atoms with E-state index in [1.54, 1.807) is 17.3 Å². The minimum atomic E-state index is -0.521. The SMILES string of the molecule is CC(C)(C)OC(=O)N1CCC(n2c(CN3C(=O)C4(CC4)c4ccncc43)nc3cc(Cl)ccc32)CC1. The van der Waals surface area contributed by atoms with E-state index in [2.05, 4.69) is 9.55 Å². The first kappa shape index (κ1) is 23.3. The van der Waals surface area contributed by atoms with Crippen LogP contribution in [0.15, 0.2) is 36.7 Å². The van der Waals surface area contributed by atoms with E-state index in [1.165, 1.54) is 0 Å². The van der Waals surface area contributed by atoms with Crippen molar-refractivity contribution in [2.45, 2.75) is 70.1 Å². The predicted molar refractivity (Wildman–Crippen MR) is 137 cm³/mol. The third-order valence-electron chi connectivity index (χ3n) is 7.52. The van der Waals surface area contributed by atoms with Crippen molar-refractivity contribution in [3.05, 3.63) is 53.1 Å². The third kappa shape index (κ3) is 3.82. The number of hydrogen-bond donors (Lipinski definition) is 0. The van der Waals surface area contributed by atoms with Crippen LogP contribution in [-0.4, -0.2) is 50.1 Å². The summed E-state index contributed by atoms with van der Waals surface area (Å²) < 4.78 is 7.82. The van der Waals surface area contributed by atoms with E-state index in [9.17, 15) is 9.59 Å². The molecule has 3 aromatic rings. The second-order valence-electron chi connectivity index (χ2n) is 11.1. The molecule has 3 aliphatic rings. The number of nitrogens with zero attached hydrogens (tertiary/aromatic N) is 5. The Bertz CT molecular complexity index is 1370. The summed E-state index contributed by atoms with van der Waals surface area (Å²) in [6.45, 7) is 7.22. The van der Waals surface area contributed by atoms with Crippen molar-refractivity contribution in [3.63, 3.8) is 0 Å². The van der Waals surface area contributed by atoms with Gasteiger partial charge in [-0.05, 0) is 76.3 Å². The van der Waals surface area contributed by atoms with Gasteiger partial charge in [-0.2, -0.15) is 0 Å². The molecular formula is C27H30ClN5O3. The fourth-order valence-electron chi connectivity index (χ4n) is 5.67. The number of hydrogen-bond acceptors (Lipinski definition) is 5. The number of amides is 2. The number of fused-ring (bicyclic) bond motifs is 3. The summed E-state index contributed by atoms with van der Waals surface area (Å²) in [5, 5.41) is 0.627. The maximum Gasteiger partial charge on any atom is 0.410 e. The molecule has 1 aromatic carbocycles. The molecule has 0 N–H and O–H groups in total. The highest BCUT2D eigenvalue weighted by Gasteiger charge is 2.59. The lowest BCUT2D eigenvalue weighted by molar-refractivity contribution is -0.120. The van der Waals surface area contributed by atoms with Crippen LogP contribution < -0.4 is 4.90 Å². The Balaban J connectivity index is 1.31. The molecule has 8 nitrogen and oxygen atoms in total. The van der Waals surface area contributed by atoms with E-state index in [0.29, 0.717) is 24.7 Å². The zero-order chi connectivity index (χ0) is 25.2. The summed E-state index contributed by atoms with van der Waals surface area (Å²) in [4.78, 5) is 39.0. The highest BCUT2D eigenvalue weighted by atomic mass is 35.5. The maximum absolute atomic E-state index is 13.5. The molecule has 1 aliphatic carbocycles. The molecule has 1 saturated heterocycles. The number of carbonyl (C=O) groups excluding carboxylic acids is 2. The summed E-state index contributed by atoms with van der Waals surface area (Å²) in [6.07, 6.45) is 6.61. The van der Waals surface area contributed by atoms with Crippen LogP contribution in [0.5, 0.6) is 0 Å². The Morgan fingerprint density at radius 3 is 2.64 bits per heavy atom. The van der Waals surface area contributed by atoms with Gasteiger partial charge in [-0.3, -0.25) is 9.78 Å². The van der Waals surface area contributed by atoms with Gasteiger partial charge in [0.2, 0.25) is 5.91 Å². The Morgan fingerprint density at radius 1 is 1.19 bits per heavy atom. The number of anilines is 1. The summed E-state index contributed by atoms with van der Waals surface area (Å²) in [7, 11) is 0. The maximum atomic E-state index is 13.5. The van der Waals surface area contributed by atoms with Crippen LogP contribution >= 0.6 is 11.6 Å². The van der Waals surface area contributed by atoms with E-state index >= 15 is 0 Å². The van der Waals surface area contributed by atoms with E-state index in [4.69, 9.17) is 21.3 Å². The number of piperidine rings is 1.